The fourth-order valence-electron chi connectivity index (χ4n) is 1.66. The average molecular weight is 283 g/mol. The second-order valence-corrected chi connectivity index (χ2v) is 4.57. The van der Waals surface area contributed by atoms with E-state index in [0.717, 1.165) is 11.3 Å². The van der Waals surface area contributed by atoms with Gasteiger partial charge in [-0.25, -0.2) is 5.43 Å². The largest absolute Gasteiger partial charge is 0.507 e. The lowest BCUT2D eigenvalue weighted by Crippen LogP contribution is -2.25. The number of hydrogen-bond donors (Lipinski definition) is 3. The molecule has 0 bridgehead atoms. The van der Waals surface area contributed by atoms with E-state index in [9.17, 15) is 9.90 Å². The van der Waals surface area contributed by atoms with Gasteiger partial charge in [-0.15, -0.1) is 0 Å². The second kappa shape index (κ2) is 7.09. The maximum Gasteiger partial charge on any atom is 0.259 e. The molecule has 0 aromatic heterocycles. The van der Waals surface area contributed by atoms with Crippen LogP contribution < -0.4 is 10.7 Å². The summed E-state index contributed by atoms with van der Waals surface area (Å²) in [5.41, 5.74) is 4.98. The molecule has 5 nitrogen and oxygen atoms in total. The SMILES string of the molecule is Cc1ccc(NCC(=O)NN=Cc2ccccc2O)cc1. The number of hydrogen-bond acceptors (Lipinski definition) is 4. The van der Waals surface area contributed by atoms with E-state index in [0.29, 0.717) is 5.56 Å². The summed E-state index contributed by atoms with van der Waals surface area (Å²) in [4.78, 5) is 11.6. The van der Waals surface area contributed by atoms with Gasteiger partial charge in [0, 0.05) is 11.3 Å². The summed E-state index contributed by atoms with van der Waals surface area (Å²) in [5, 5.41) is 16.3. The normalized spacial score (nSPS) is 10.5. The molecule has 5 heteroatoms. The summed E-state index contributed by atoms with van der Waals surface area (Å²) >= 11 is 0. The molecule has 0 atom stereocenters. The molecule has 0 radical (unpaired) electrons. The summed E-state index contributed by atoms with van der Waals surface area (Å²) in [6.07, 6.45) is 1.40. The first-order valence-corrected chi connectivity index (χ1v) is 6.55. The van der Waals surface area contributed by atoms with Gasteiger partial charge < -0.3 is 10.4 Å². The van der Waals surface area contributed by atoms with Crippen LogP contribution in [0.3, 0.4) is 0 Å². The van der Waals surface area contributed by atoms with Crippen molar-refractivity contribution >= 4 is 17.8 Å². The van der Waals surface area contributed by atoms with Crippen molar-refractivity contribution in [3.8, 4) is 5.75 Å². The van der Waals surface area contributed by atoms with Gasteiger partial charge in [0.05, 0.1) is 12.8 Å². The third-order valence-corrected chi connectivity index (χ3v) is 2.83. The van der Waals surface area contributed by atoms with Crippen molar-refractivity contribution in [3.05, 3.63) is 59.7 Å². The Morgan fingerprint density at radius 3 is 2.62 bits per heavy atom. The van der Waals surface area contributed by atoms with Gasteiger partial charge in [0.15, 0.2) is 0 Å². The number of aromatic hydroxyl groups is 1. The molecular weight excluding hydrogens is 266 g/mol. The Hall–Kier alpha value is -2.82. The summed E-state index contributed by atoms with van der Waals surface area (Å²) < 4.78 is 0. The van der Waals surface area contributed by atoms with E-state index in [2.05, 4.69) is 15.8 Å². The zero-order valence-corrected chi connectivity index (χ0v) is 11.7. The van der Waals surface area contributed by atoms with Crippen molar-refractivity contribution in [2.75, 3.05) is 11.9 Å². The molecule has 0 unspecified atom stereocenters. The molecule has 0 heterocycles. The highest BCUT2D eigenvalue weighted by molar-refractivity contribution is 5.86. The van der Waals surface area contributed by atoms with Crippen LogP contribution in [0.4, 0.5) is 5.69 Å². The number of nitrogens with one attached hydrogen (secondary N) is 2. The molecular formula is C16H17N3O2. The first-order valence-electron chi connectivity index (χ1n) is 6.55. The number of hydrazone groups is 1. The zero-order valence-electron chi connectivity index (χ0n) is 11.7. The van der Waals surface area contributed by atoms with Crippen LogP contribution >= 0.6 is 0 Å². The number of nitrogens with zero attached hydrogens (tertiary/aromatic N) is 1. The monoisotopic (exact) mass is 283 g/mol. The van der Waals surface area contributed by atoms with Gasteiger partial charge in [-0.2, -0.15) is 5.10 Å². The summed E-state index contributed by atoms with van der Waals surface area (Å²) in [6.45, 7) is 2.13. The Morgan fingerprint density at radius 1 is 1.19 bits per heavy atom. The molecule has 21 heavy (non-hydrogen) atoms. The smallest absolute Gasteiger partial charge is 0.259 e. The first-order chi connectivity index (χ1) is 10.1. The van der Waals surface area contributed by atoms with E-state index in [1.54, 1.807) is 24.3 Å². The lowest BCUT2D eigenvalue weighted by molar-refractivity contribution is -0.119. The van der Waals surface area contributed by atoms with Crippen LogP contribution in [0.25, 0.3) is 0 Å². The molecule has 0 saturated heterocycles. The van der Waals surface area contributed by atoms with Crippen molar-refractivity contribution in [2.45, 2.75) is 6.92 Å². The molecule has 0 saturated carbocycles. The lowest BCUT2D eigenvalue weighted by Gasteiger charge is -2.05. The predicted octanol–water partition coefficient (Wildman–Crippen LogP) is 2.26. The van der Waals surface area contributed by atoms with E-state index in [4.69, 9.17) is 0 Å². The second-order valence-electron chi connectivity index (χ2n) is 4.57. The molecule has 3 N–H and O–H groups in total. The van der Waals surface area contributed by atoms with Gasteiger partial charge in [0.2, 0.25) is 0 Å². The minimum Gasteiger partial charge on any atom is -0.507 e. The van der Waals surface area contributed by atoms with E-state index >= 15 is 0 Å². The van der Waals surface area contributed by atoms with Crippen LogP contribution in [0.5, 0.6) is 5.75 Å². The molecule has 2 rings (SSSR count). The number of benzene rings is 2. The summed E-state index contributed by atoms with van der Waals surface area (Å²) in [7, 11) is 0. The van der Waals surface area contributed by atoms with Crippen LogP contribution in [0.2, 0.25) is 0 Å². The molecule has 0 spiro atoms. The van der Waals surface area contributed by atoms with Crippen LogP contribution in [-0.2, 0) is 4.79 Å². The van der Waals surface area contributed by atoms with Crippen LogP contribution in [0.1, 0.15) is 11.1 Å². The Balaban J connectivity index is 1.80. The van der Waals surface area contributed by atoms with Crippen LogP contribution in [-0.4, -0.2) is 23.8 Å². The Morgan fingerprint density at radius 2 is 1.90 bits per heavy atom. The minimum atomic E-state index is -0.262. The van der Waals surface area contributed by atoms with Crippen LogP contribution in [0, 0.1) is 6.92 Å². The number of para-hydroxylation sites is 1. The minimum absolute atomic E-state index is 0.119. The first kappa shape index (κ1) is 14.6. The molecule has 2 aromatic rings. The molecule has 0 fully saturated rings. The van der Waals surface area contributed by atoms with Gasteiger partial charge in [-0.3, -0.25) is 4.79 Å². The Bertz CT molecular complexity index is 636. The highest BCUT2D eigenvalue weighted by Gasteiger charge is 2.00. The summed E-state index contributed by atoms with van der Waals surface area (Å²) in [6, 6.07) is 14.5. The van der Waals surface area contributed by atoms with E-state index in [1.165, 1.54) is 6.21 Å². The van der Waals surface area contributed by atoms with Gasteiger partial charge in [0.1, 0.15) is 5.75 Å². The number of aryl methyl sites for hydroxylation is 1. The highest BCUT2D eigenvalue weighted by atomic mass is 16.3. The van der Waals surface area contributed by atoms with Crippen molar-refractivity contribution in [1.82, 2.24) is 5.43 Å². The topological polar surface area (TPSA) is 73.7 Å². The van der Waals surface area contributed by atoms with E-state index in [-0.39, 0.29) is 18.2 Å². The maximum absolute atomic E-state index is 11.6. The van der Waals surface area contributed by atoms with Gasteiger partial charge in [-0.1, -0.05) is 29.8 Å². The number of phenols is 1. The quantitative estimate of drug-likeness (QED) is 0.582. The van der Waals surface area contributed by atoms with E-state index < -0.39 is 0 Å². The fourth-order valence-corrected chi connectivity index (χ4v) is 1.66. The third-order valence-electron chi connectivity index (χ3n) is 2.83. The highest BCUT2D eigenvalue weighted by Crippen LogP contribution is 2.12. The van der Waals surface area contributed by atoms with Gasteiger partial charge in [0.25, 0.3) is 5.91 Å². The standard InChI is InChI=1S/C16H17N3O2/c1-12-6-8-14(9-7-12)17-11-16(21)19-18-10-13-4-2-3-5-15(13)20/h2-10,17,20H,11H2,1H3,(H,19,21). The fraction of sp³-hybridized carbons (Fsp3) is 0.125. The van der Waals surface area contributed by atoms with E-state index in [1.807, 2.05) is 31.2 Å². The average Bonchev–Trinajstić information content (AvgIpc) is 2.49. The van der Waals surface area contributed by atoms with Crippen molar-refractivity contribution < 1.29 is 9.90 Å². The lowest BCUT2D eigenvalue weighted by atomic mass is 10.2. The number of rotatable bonds is 5. The molecule has 108 valence electrons. The third kappa shape index (κ3) is 4.65. The number of phenolic OH excluding ortho intramolecular Hbond substituents is 1. The molecule has 0 aliphatic heterocycles. The number of anilines is 1. The van der Waals surface area contributed by atoms with Crippen LogP contribution in [0.15, 0.2) is 53.6 Å². The van der Waals surface area contributed by atoms with Crippen molar-refractivity contribution in [1.29, 1.82) is 0 Å². The maximum atomic E-state index is 11.6. The molecule has 2 aromatic carbocycles. The number of carbonyl (C=O) groups is 1. The van der Waals surface area contributed by atoms with Gasteiger partial charge in [-0.05, 0) is 31.2 Å². The predicted molar refractivity (Wildman–Crippen MR) is 83.5 cm³/mol. The molecule has 0 aliphatic rings. The summed E-state index contributed by atoms with van der Waals surface area (Å²) in [5.74, 6) is -0.143. The number of carbonyl (C=O) groups excluding carboxylic acids is 1. The molecule has 0 aliphatic carbocycles. The zero-order chi connectivity index (χ0) is 15.1. The Labute approximate surface area is 123 Å². The van der Waals surface area contributed by atoms with Crippen molar-refractivity contribution in [2.24, 2.45) is 5.10 Å². The Kier molecular flexibility index (Phi) is 4.93. The van der Waals surface area contributed by atoms with Crippen molar-refractivity contribution in [3.63, 3.8) is 0 Å². The molecule has 1 amide bonds. The van der Waals surface area contributed by atoms with Gasteiger partial charge >= 0.3 is 0 Å². The number of amides is 1.